The second-order valence-corrected chi connectivity index (χ2v) is 2.76. The van der Waals surface area contributed by atoms with Crippen LogP contribution in [0.2, 0.25) is 0 Å². The van der Waals surface area contributed by atoms with Crippen molar-refractivity contribution in [1.82, 2.24) is 5.32 Å². The van der Waals surface area contributed by atoms with Crippen LogP contribution in [0.25, 0.3) is 0 Å². The lowest BCUT2D eigenvalue weighted by atomic mass is 10.3. The van der Waals surface area contributed by atoms with E-state index in [1.165, 1.54) is 0 Å². The van der Waals surface area contributed by atoms with Gasteiger partial charge in [-0.3, -0.25) is 0 Å². The molecule has 0 aromatic heterocycles. The topological polar surface area (TPSA) is 12.0 Å². The van der Waals surface area contributed by atoms with Gasteiger partial charge in [-0.05, 0) is 25.8 Å². The van der Waals surface area contributed by atoms with Crippen LogP contribution in [0.5, 0.6) is 0 Å². The molecule has 1 N–H and O–H groups in total. The van der Waals surface area contributed by atoms with Crippen LogP contribution in [0.1, 0.15) is 27.2 Å². The summed E-state index contributed by atoms with van der Waals surface area (Å²) in [6.07, 6.45) is 12.1. The highest BCUT2D eigenvalue weighted by molar-refractivity contribution is 5.16. The van der Waals surface area contributed by atoms with Gasteiger partial charge in [-0.2, -0.15) is 0 Å². The van der Waals surface area contributed by atoms with Crippen LogP contribution >= 0.6 is 0 Å². The molecule has 14 heavy (non-hydrogen) atoms. The minimum Gasteiger partial charge on any atom is -0.386 e. The second-order valence-electron chi connectivity index (χ2n) is 2.76. The second kappa shape index (κ2) is 11.8. The molecule has 0 aromatic carbocycles. The predicted molar refractivity (Wildman–Crippen MR) is 67.3 cm³/mol. The molecule has 0 unspecified atom stereocenters. The van der Waals surface area contributed by atoms with Crippen molar-refractivity contribution in [3.05, 3.63) is 49.2 Å². The number of hydrogen-bond donors (Lipinski definition) is 1. The Balaban J connectivity index is 0. The summed E-state index contributed by atoms with van der Waals surface area (Å²) in [5.41, 5.74) is 0.945. The summed E-state index contributed by atoms with van der Waals surface area (Å²) in [4.78, 5) is 0. The molecular formula is C13H23N. The molecule has 80 valence electrons. The Morgan fingerprint density at radius 2 is 2.14 bits per heavy atom. The standard InChI is InChI=1S/C12H19N.CH4/c1-4-6-8-9-11-13-12(3)10-7-5-2;/h4-7,10,13H,2-3,8-9,11H2,1H3;1H4/b6-4-,10-7-;. The van der Waals surface area contributed by atoms with Gasteiger partial charge >= 0.3 is 0 Å². The van der Waals surface area contributed by atoms with Gasteiger partial charge in [-0.25, -0.2) is 0 Å². The number of rotatable bonds is 7. The lowest BCUT2D eigenvalue weighted by Crippen LogP contribution is -2.11. The summed E-state index contributed by atoms with van der Waals surface area (Å²) >= 11 is 0. The summed E-state index contributed by atoms with van der Waals surface area (Å²) < 4.78 is 0. The third-order valence-corrected chi connectivity index (χ3v) is 1.57. The van der Waals surface area contributed by atoms with E-state index in [1.807, 2.05) is 19.1 Å². The van der Waals surface area contributed by atoms with E-state index in [9.17, 15) is 0 Å². The molecule has 0 aromatic rings. The summed E-state index contributed by atoms with van der Waals surface area (Å²) in [5, 5.41) is 3.21. The van der Waals surface area contributed by atoms with Gasteiger partial charge in [0.15, 0.2) is 0 Å². The predicted octanol–water partition coefficient (Wildman–Crippen LogP) is 3.82. The third kappa shape index (κ3) is 10.8. The Kier molecular flexibility index (Phi) is 12.8. The molecule has 0 fully saturated rings. The van der Waals surface area contributed by atoms with Crippen molar-refractivity contribution < 1.29 is 0 Å². The first kappa shape index (κ1) is 15.2. The highest BCUT2D eigenvalue weighted by Crippen LogP contribution is 1.92. The SMILES string of the molecule is C.C=C/C=C\C(=C)NCCC/C=C\C. The van der Waals surface area contributed by atoms with Crippen LogP contribution in [0, 0.1) is 0 Å². The van der Waals surface area contributed by atoms with E-state index in [-0.39, 0.29) is 7.43 Å². The fraction of sp³-hybridized carbons (Fsp3) is 0.385. The first-order valence-corrected chi connectivity index (χ1v) is 4.64. The maximum Gasteiger partial charge on any atom is 0.0267 e. The Labute approximate surface area is 88.9 Å². The van der Waals surface area contributed by atoms with Crippen LogP contribution in [-0.4, -0.2) is 6.54 Å². The monoisotopic (exact) mass is 193 g/mol. The number of unbranched alkanes of at least 4 members (excludes halogenated alkanes) is 1. The molecule has 0 aliphatic rings. The Bertz CT molecular complexity index is 199. The summed E-state index contributed by atoms with van der Waals surface area (Å²) in [6, 6.07) is 0. The maximum atomic E-state index is 3.85. The van der Waals surface area contributed by atoms with Gasteiger partial charge in [0.05, 0.1) is 0 Å². The van der Waals surface area contributed by atoms with Crippen molar-refractivity contribution in [3.63, 3.8) is 0 Å². The fourth-order valence-corrected chi connectivity index (χ4v) is 0.879. The molecule has 0 saturated carbocycles. The lowest BCUT2D eigenvalue weighted by molar-refractivity contribution is 0.747. The van der Waals surface area contributed by atoms with Crippen molar-refractivity contribution >= 4 is 0 Å². The summed E-state index contributed by atoms with van der Waals surface area (Å²) in [6.45, 7) is 10.5. The molecule has 0 amide bonds. The first-order chi connectivity index (χ1) is 6.31. The largest absolute Gasteiger partial charge is 0.386 e. The fourth-order valence-electron chi connectivity index (χ4n) is 0.879. The van der Waals surface area contributed by atoms with E-state index in [0.29, 0.717) is 0 Å². The van der Waals surface area contributed by atoms with E-state index in [0.717, 1.165) is 25.1 Å². The molecule has 0 saturated heterocycles. The Morgan fingerprint density at radius 1 is 1.43 bits per heavy atom. The Hall–Kier alpha value is -1.24. The van der Waals surface area contributed by atoms with Crippen LogP contribution < -0.4 is 5.32 Å². The minimum absolute atomic E-state index is 0. The average molecular weight is 193 g/mol. The van der Waals surface area contributed by atoms with Crippen molar-refractivity contribution in [3.8, 4) is 0 Å². The maximum absolute atomic E-state index is 3.85. The van der Waals surface area contributed by atoms with Gasteiger partial charge in [0, 0.05) is 12.2 Å². The highest BCUT2D eigenvalue weighted by atomic mass is 14.9. The van der Waals surface area contributed by atoms with Crippen molar-refractivity contribution in [2.75, 3.05) is 6.54 Å². The zero-order valence-corrected chi connectivity index (χ0v) is 8.42. The molecule has 0 atom stereocenters. The van der Waals surface area contributed by atoms with Gasteiger partial charge in [0.25, 0.3) is 0 Å². The third-order valence-electron chi connectivity index (χ3n) is 1.57. The van der Waals surface area contributed by atoms with Crippen molar-refractivity contribution in [1.29, 1.82) is 0 Å². The summed E-state index contributed by atoms with van der Waals surface area (Å²) in [7, 11) is 0. The Morgan fingerprint density at radius 3 is 2.71 bits per heavy atom. The van der Waals surface area contributed by atoms with E-state index in [1.54, 1.807) is 6.08 Å². The first-order valence-electron chi connectivity index (χ1n) is 4.64. The van der Waals surface area contributed by atoms with E-state index < -0.39 is 0 Å². The average Bonchev–Trinajstić information content (AvgIpc) is 2.14. The molecule has 0 aliphatic heterocycles. The van der Waals surface area contributed by atoms with E-state index in [2.05, 4.69) is 30.6 Å². The molecule has 0 spiro atoms. The quantitative estimate of drug-likeness (QED) is 0.368. The van der Waals surface area contributed by atoms with Crippen molar-refractivity contribution in [2.24, 2.45) is 0 Å². The number of allylic oxidation sites excluding steroid dienone is 5. The van der Waals surface area contributed by atoms with Gasteiger partial charge in [0.2, 0.25) is 0 Å². The van der Waals surface area contributed by atoms with Crippen LogP contribution in [0.4, 0.5) is 0 Å². The van der Waals surface area contributed by atoms with Gasteiger partial charge in [0.1, 0.15) is 0 Å². The van der Waals surface area contributed by atoms with Crippen LogP contribution in [0.15, 0.2) is 49.2 Å². The molecule has 0 radical (unpaired) electrons. The zero-order valence-electron chi connectivity index (χ0n) is 8.42. The highest BCUT2D eigenvalue weighted by Gasteiger charge is 1.85. The summed E-state index contributed by atoms with van der Waals surface area (Å²) in [5.74, 6) is 0. The molecule has 0 aliphatic carbocycles. The molecular weight excluding hydrogens is 170 g/mol. The molecule has 1 nitrogen and oxygen atoms in total. The van der Waals surface area contributed by atoms with E-state index in [4.69, 9.17) is 0 Å². The van der Waals surface area contributed by atoms with Crippen molar-refractivity contribution in [2.45, 2.75) is 27.2 Å². The smallest absolute Gasteiger partial charge is 0.0267 e. The number of nitrogens with one attached hydrogen (secondary N) is 1. The number of hydrogen-bond acceptors (Lipinski definition) is 1. The molecule has 0 rings (SSSR count). The van der Waals surface area contributed by atoms with Gasteiger partial charge < -0.3 is 5.32 Å². The van der Waals surface area contributed by atoms with Gasteiger partial charge in [-0.1, -0.05) is 44.9 Å². The molecule has 0 heterocycles. The van der Waals surface area contributed by atoms with Gasteiger partial charge in [-0.15, -0.1) is 0 Å². The molecule has 0 bridgehead atoms. The van der Waals surface area contributed by atoms with E-state index >= 15 is 0 Å². The normalized spacial score (nSPS) is 10.1. The van der Waals surface area contributed by atoms with Crippen LogP contribution in [0.3, 0.4) is 0 Å². The molecule has 1 heteroatoms. The zero-order chi connectivity index (χ0) is 9.94. The minimum atomic E-state index is 0. The lowest BCUT2D eigenvalue weighted by Gasteiger charge is -2.03. The van der Waals surface area contributed by atoms with Crippen LogP contribution in [-0.2, 0) is 0 Å².